The smallest absolute Gasteiger partial charge is 0.168 e. The minimum absolute atomic E-state index is 0.548. The van der Waals surface area contributed by atoms with E-state index in [0.29, 0.717) is 10.9 Å². The second-order valence-corrected chi connectivity index (χ2v) is 7.01. The van der Waals surface area contributed by atoms with Crippen LogP contribution in [0, 0.1) is 13.8 Å². The maximum absolute atomic E-state index is 6.30. The zero-order valence-electron chi connectivity index (χ0n) is 11.3. The van der Waals surface area contributed by atoms with Crippen LogP contribution < -0.4 is 0 Å². The summed E-state index contributed by atoms with van der Waals surface area (Å²) in [5.74, 6) is 1.41. The van der Waals surface area contributed by atoms with Crippen molar-refractivity contribution in [1.29, 1.82) is 0 Å². The summed E-state index contributed by atoms with van der Waals surface area (Å²) >= 11 is 9.57. The molecule has 0 atom stereocenters. The Morgan fingerprint density at radius 2 is 2.15 bits per heavy atom. The first-order valence-electron chi connectivity index (χ1n) is 6.08. The van der Waals surface area contributed by atoms with E-state index >= 15 is 0 Å². The molecule has 0 unspecified atom stereocenters. The second kappa shape index (κ2) is 5.35. The molecule has 0 aliphatic heterocycles. The molecule has 104 valence electrons. The molecule has 0 amide bonds. The van der Waals surface area contributed by atoms with E-state index in [1.54, 1.807) is 29.3 Å². The highest BCUT2D eigenvalue weighted by Gasteiger charge is 2.13. The molecule has 20 heavy (non-hydrogen) atoms. The summed E-state index contributed by atoms with van der Waals surface area (Å²) in [6.45, 7) is 4.14. The molecule has 0 spiro atoms. The van der Waals surface area contributed by atoms with Crippen LogP contribution in [0.25, 0.3) is 10.2 Å². The van der Waals surface area contributed by atoms with Gasteiger partial charge < -0.3 is 4.57 Å². The van der Waals surface area contributed by atoms with Crippen LogP contribution in [0.4, 0.5) is 0 Å². The average molecular weight is 325 g/mol. The number of thioether (sulfide) groups is 1. The lowest BCUT2D eigenvalue weighted by Crippen LogP contribution is -1.95. The number of imidazole rings is 1. The molecule has 0 aliphatic rings. The van der Waals surface area contributed by atoms with E-state index in [0.717, 1.165) is 21.2 Å². The largest absolute Gasteiger partial charge is 0.329 e. The van der Waals surface area contributed by atoms with Gasteiger partial charge in [0.15, 0.2) is 5.16 Å². The van der Waals surface area contributed by atoms with Crippen molar-refractivity contribution in [2.24, 2.45) is 7.05 Å². The highest BCUT2D eigenvalue weighted by molar-refractivity contribution is 7.98. The van der Waals surface area contributed by atoms with Crippen LogP contribution in [0.5, 0.6) is 0 Å². The molecule has 3 rings (SSSR count). The summed E-state index contributed by atoms with van der Waals surface area (Å²) < 4.78 is 1.98. The van der Waals surface area contributed by atoms with E-state index in [1.165, 1.54) is 10.4 Å². The lowest BCUT2D eigenvalue weighted by molar-refractivity contribution is 0.789. The van der Waals surface area contributed by atoms with Crippen LogP contribution in [0.3, 0.4) is 0 Å². The molecule has 0 bridgehead atoms. The number of nitrogens with zero attached hydrogens (tertiary/aromatic N) is 4. The first-order valence-corrected chi connectivity index (χ1v) is 8.26. The summed E-state index contributed by atoms with van der Waals surface area (Å²) in [5.41, 5.74) is 1.18. The Hall–Kier alpha value is -1.11. The number of hydrogen-bond acceptors (Lipinski definition) is 5. The third-order valence-corrected chi connectivity index (χ3v) is 5.57. The van der Waals surface area contributed by atoms with Crippen molar-refractivity contribution in [3.63, 3.8) is 0 Å². The van der Waals surface area contributed by atoms with E-state index in [9.17, 15) is 0 Å². The minimum Gasteiger partial charge on any atom is -0.329 e. The van der Waals surface area contributed by atoms with Gasteiger partial charge in [0.1, 0.15) is 15.8 Å². The molecule has 3 aromatic rings. The molecule has 7 heteroatoms. The Morgan fingerprint density at radius 1 is 1.35 bits per heavy atom. The van der Waals surface area contributed by atoms with E-state index in [-0.39, 0.29) is 0 Å². The van der Waals surface area contributed by atoms with Gasteiger partial charge in [-0.15, -0.1) is 11.3 Å². The SMILES string of the molecule is Cc1sc2nc(CSc3nccn3C)nc(Cl)c2c1C. The summed E-state index contributed by atoms with van der Waals surface area (Å²) in [6, 6.07) is 0. The molecule has 3 aromatic heterocycles. The normalized spacial score (nSPS) is 11.4. The molecule has 0 aliphatic carbocycles. The van der Waals surface area contributed by atoms with Crippen molar-refractivity contribution in [3.05, 3.63) is 33.8 Å². The number of fused-ring (bicyclic) bond motifs is 1. The van der Waals surface area contributed by atoms with Gasteiger partial charge in [-0.05, 0) is 19.4 Å². The van der Waals surface area contributed by atoms with E-state index in [4.69, 9.17) is 11.6 Å². The van der Waals surface area contributed by atoms with Crippen LogP contribution in [-0.2, 0) is 12.8 Å². The van der Waals surface area contributed by atoms with E-state index in [2.05, 4.69) is 28.8 Å². The summed E-state index contributed by atoms with van der Waals surface area (Å²) in [4.78, 5) is 15.5. The second-order valence-electron chi connectivity index (χ2n) is 4.50. The van der Waals surface area contributed by atoms with Gasteiger partial charge in [0.2, 0.25) is 0 Å². The topological polar surface area (TPSA) is 43.6 Å². The lowest BCUT2D eigenvalue weighted by atomic mass is 10.2. The third-order valence-electron chi connectivity index (χ3n) is 3.14. The van der Waals surface area contributed by atoms with Crippen molar-refractivity contribution < 1.29 is 0 Å². The van der Waals surface area contributed by atoms with Gasteiger partial charge >= 0.3 is 0 Å². The molecular weight excluding hydrogens is 312 g/mol. The molecule has 0 fully saturated rings. The number of aryl methyl sites for hydroxylation is 3. The fourth-order valence-electron chi connectivity index (χ4n) is 1.93. The van der Waals surface area contributed by atoms with Gasteiger partial charge in [-0.3, -0.25) is 0 Å². The minimum atomic E-state index is 0.548. The molecule has 0 radical (unpaired) electrons. The lowest BCUT2D eigenvalue weighted by Gasteiger charge is -2.02. The molecule has 3 heterocycles. The fraction of sp³-hybridized carbons (Fsp3) is 0.308. The molecular formula is C13H13ClN4S2. The first-order chi connectivity index (χ1) is 9.56. The number of rotatable bonds is 3. The van der Waals surface area contributed by atoms with E-state index < -0.39 is 0 Å². The van der Waals surface area contributed by atoms with Crippen LogP contribution in [0.2, 0.25) is 5.15 Å². The fourth-order valence-corrected chi connectivity index (χ4v) is 4.15. The highest BCUT2D eigenvalue weighted by Crippen LogP contribution is 2.33. The predicted molar refractivity (Wildman–Crippen MR) is 84.7 cm³/mol. The standard InChI is InChI=1S/C13H13ClN4S2/c1-7-8(2)20-12-10(7)11(14)16-9(17-12)6-19-13-15-4-5-18(13)3/h4-5H,6H2,1-3H3. The molecule has 0 saturated heterocycles. The van der Waals surface area contributed by atoms with Crippen LogP contribution in [-0.4, -0.2) is 19.5 Å². The van der Waals surface area contributed by atoms with Crippen LogP contribution >= 0.6 is 34.7 Å². The zero-order valence-corrected chi connectivity index (χ0v) is 13.7. The van der Waals surface area contributed by atoms with Gasteiger partial charge in [-0.2, -0.15) is 0 Å². The Bertz CT molecular complexity index is 778. The van der Waals surface area contributed by atoms with Gasteiger partial charge in [-0.1, -0.05) is 23.4 Å². The monoisotopic (exact) mass is 324 g/mol. The van der Waals surface area contributed by atoms with Gasteiger partial charge in [0, 0.05) is 24.3 Å². The predicted octanol–water partition coefficient (Wildman–Crippen LogP) is 3.99. The summed E-state index contributed by atoms with van der Waals surface area (Å²) in [5, 5.41) is 2.48. The Balaban J connectivity index is 1.91. The molecule has 0 saturated carbocycles. The van der Waals surface area contributed by atoms with Gasteiger partial charge in [0.05, 0.1) is 11.1 Å². The number of aromatic nitrogens is 4. The third kappa shape index (κ3) is 2.43. The van der Waals surface area contributed by atoms with Crippen LogP contribution in [0.1, 0.15) is 16.3 Å². The maximum atomic E-state index is 6.30. The Labute approximate surface area is 130 Å². The van der Waals surface area contributed by atoms with Gasteiger partial charge in [-0.25, -0.2) is 15.0 Å². The highest BCUT2D eigenvalue weighted by atomic mass is 35.5. The van der Waals surface area contributed by atoms with Crippen molar-refractivity contribution in [3.8, 4) is 0 Å². The Kier molecular flexibility index (Phi) is 3.70. The number of hydrogen-bond donors (Lipinski definition) is 0. The Morgan fingerprint density at radius 3 is 2.85 bits per heavy atom. The maximum Gasteiger partial charge on any atom is 0.168 e. The van der Waals surface area contributed by atoms with Crippen LogP contribution in [0.15, 0.2) is 17.6 Å². The quantitative estimate of drug-likeness (QED) is 0.540. The van der Waals surface area contributed by atoms with Crippen molar-refractivity contribution >= 4 is 44.9 Å². The molecule has 0 aromatic carbocycles. The average Bonchev–Trinajstić information content (AvgIpc) is 2.92. The summed E-state index contributed by atoms with van der Waals surface area (Å²) in [6.07, 6.45) is 3.71. The zero-order chi connectivity index (χ0) is 14.3. The van der Waals surface area contributed by atoms with E-state index in [1.807, 2.05) is 17.8 Å². The first kappa shape index (κ1) is 13.9. The number of thiophene rings is 1. The van der Waals surface area contributed by atoms with Crippen molar-refractivity contribution in [1.82, 2.24) is 19.5 Å². The molecule has 4 nitrogen and oxygen atoms in total. The van der Waals surface area contributed by atoms with Crippen molar-refractivity contribution in [2.75, 3.05) is 0 Å². The van der Waals surface area contributed by atoms with Crippen molar-refractivity contribution in [2.45, 2.75) is 24.8 Å². The molecule has 0 N–H and O–H groups in total. The number of halogens is 1. The van der Waals surface area contributed by atoms with Gasteiger partial charge in [0.25, 0.3) is 0 Å². The summed E-state index contributed by atoms with van der Waals surface area (Å²) in [7, 11) is 1.97.